The number of aromatic amines is 1. The van der Waals surface area contributed by atoms with Crippen molar-refractivity contribution in [2.75, 3.05) is 33.0 Å². The van der Waals surface area contributed by atoms with Gasteiger partial charge in [-0.3, -0.25) is 14.4 Å². The Kier molecular flexibility index (Phi) is 29.7. The molecular formula is C34H64N6O7. The van der Waals surface area contributed by atoms with E-state index < -0.39 is 17.9 Å². The normalized spacial score (nSPS) is 11.5. The number of aromatic nitrogens is 4. The molecule has 13 nitrogen and oxygen atoms in total. The molecule has 0 spiro atoms. The van der Waals surface area contributed by atoms with E-state index in [0.717, 1.165) is 31.5 Å². The minimum atomic E-state index is -1.10. The van der Waals surface area contributed by atoms with Crippen LogP contribution in [0.1, 0.15) is 149 Å². The summed E-state index contributed by atoms with van der Waals surface area (Å²) in [5.41, 5.74) is 0. The molecule has 1 aromatic rings. The Hall–Kier alpha value is -2.93. The zero-order chi connectivity index (χ0) is 33.5. The van der Waals surface area contributed by atoms with Crippen molar-refractivity contribution in [2.24, 2.45) is 0 Å². The molecule has 1 atom stereocenters. The summed E-state index contributed by atoms with van der Waals surface area (Å²) in [7, 11) is 0. The van der Waals surface area contributed by atoms with Gasteiger partial charge >= 0.3 is 5.97 Å². The first-order valence-electron chi connectivity index (χ1n) is 17.6. The van der Waals surface area contributed by atoms with Crippen molar-refractivity contribution in [1.82, 2.24) is 31.3 Å². The maximum absolute atomic E-state index is 12.1. The third-order valence-electron chi connectivity index (χ3n) is 7.79. The Morgan fingerprint density at radius 3 is 1.94 bits per heavy atom. The van der Waals surface area contributed by atoms with Crippen molar-refractivity contribution >= 4 is 23.6 Å². The second-order valence-corrected chi connectivity index (χ2v) is 11.9. The number of hydrogen-bond acceptors (Lipinski definition) is 9. The number of H-pyrrole nitrogens is 1. The summed E-state index contributed by atoms with van der Waals surface area (Å²) in [6, 6.07) is -0.992. The van der Waals surface area contributed by atoms with Gasteiger partial charge in [0.05, 0.1) is 13.2 Å². The van der Waals surface area contributed by atoms with Gasteiger partial charge in [0, 0.05) is 38.8 Å². The summed E-state index contributed by atoms with van der Waals surface area (Å²) >= 11 is 0. The number of hydrogen-bond donors (Lipinski definition) is 4. The van der Waals surface area contributed by atoms with E-state index in [0.29, 0.717) is 58.3 Å². The summed E-state index contributed by atoms with van der Waals surface area (Å²) in [6.45, 7) is 2.98. The average molecular weight is 669 g/mol. The number of ether oxygens (including phenoxy) is 2. The van der Waals surface area contributed by atoms with E-state index in [-0.39, 0.29) is 38.8 Å². The van der Waals surface area contributed by atoms with E-state index in [4.69, 9.17) is 9.47 Å². The highest BCUT2D eigenvalue weighted by Gasteiger charge is 2.19. The largest absolute Gasteiger partial charge is 0.480 e. The number of tetrazole rings is 1. The second-order valence-electron chi connectivity index (χ2n) is 11.9. The van der Waals surface area contributed by atoms with Gasteiger partial charge in [-0.1, -0.05) is 90.2 Å². The molecular weight excluding hydrogens is 604 g/mol. The van der Waals surface area contributed by atoms with Gasteiger partial charge in [0.1, 0.15) is 18.4 Å². The number of ketones is 1. The number of rotatable bonds is 33. The number of carbonyl (C=O) groups is 4. The number of nitrogens with zero attached hydrogens (tertiary/aromatic N) is 3. The van der Waals surface area contributed by atoms with Crippen LogP contribution >= 0.6 is 0 Å². The number of Topliss-reactive ketones (excluding diaryl/α,β-unsaturated/α-hetero) is 1. The molecule has 0 aliphatic carbocycles. The zero-order valence-corrected chi connectivity index (χ0v) is 28.2. The number of aliphatic carboxylic acids is 1. The van der Waals surface area contributed by atoms with E-state index in [1.54, 1.807) is 6.92 Å². The topological polar surface area (TPSA) is 185 Å². The Morgan fingerprint density at radius 2 is 1.34 bits per heavy atom. The second kappa shape index (κ2) is 31.7. The maximum Gasteiger partial charge on any atom is 0.326 e. The fourth-order valence-corrected chi connectivity index (χ4v) is 5.04. The van der Waals surface area contributed by atoms with E-state index >= 15 is 0 Å². The van der Waals surface area contributed by atoms with Crippen LogP contribution in [0.25, 0.3) is 0 Å². The van der Waals surface area contributed by atoms with Crippen LogP contribution in [-0.4, -0.2) is 88.3 Å². The lowest BCUT2D eigenvalue weighted by Gasteiger charge is -2.14. The van der Waals surface area contributed by atoms with Crippen LogP contribution in [0.3, 0.4) is 0 Å². The molecule has 0 saturated carbocycles. The van der Waals surface area contributed by atoms with Crippen LogP contribution in [0.4, 0.5) is 0 Å². The van der Waals surface area contributed by atoms with Gasteiger partial charge in [0.2, 0.25) is 11.8 Å². The molecule has 0 aliphatic heterocycles. The predicted molar refractivity (Wildman–Crippen MR) is 182 cm³/mol. The third kappa shape index (κ3) is 27.9. The SMILES string of the molecule is C.CCC(=O)NCCCCC(NC(=O)COCCOCCCC(=O)CCCCCCCCCCCCCCCc1nn[nH]n1)C(=O)O. The highest BCUT2D eigenvalue weighted by Crippen LogP contribution is 2.14. The fraction of sp³-hybridized carbons (Fsp3) is 0.853. The predicted octanol–water partition coefficient (Wildman–Crippen LogP) is 5.49. The lowest BCUT2D eigenvalue weighted by molar-refractivity contribution is -0.142. The smallest absolute Gasteiger partial charge is 0.326 e. The fourth-order valence-electron chi connectivity index (χ4n) is 5.04. The minimum absolute atomic E-state index is 0. The van der Waals surface area contributed by atoms with Gasteiger partial charge < -0.3 is 25.2 Å². The minimum Gasteiger partial charge on any atom is -0.480 e. The number of carbonyl (C=O) groups excluding carboxylic acids is 3. The van der Waals surface area contributed by atoms with E-state index in [1.807, 2.05) is 0 Å². The maximum atomic E-state index is 12.1. The molecule has 1 rings (SSSR count). The van der Waals surface area contributed by atoms with Gasteiger partial charge in [-0.05, 0) is 38.5 Å². The number of unbranched alkanes of at least 4 members (excludes halogenated alkanes) is 13. The van der Waals surface area contributed by atoms with Gasteiger partial charge in [-0.15, -0.1) is 10.2 Å². The monoisotopic (exact) mass is 668 g/mol. The summed E-state index contributed by atoms with van der Waals surface area (Å²) in [6.07, 6.45) is 20.7. The Labute approximate surface area is 282 Å². The number of amides is 2. The van der Waals surface area contributed by atoms with Crippen molar-refractivity contribution in [1.29, 1.82) is 0 Å². The molecule has 1 heterocycles. The highest BCUT2D eigenvalue weighted by molar-refractivity contribution is 5.84. The number of carboxylic acid groups (broad SMARTS) is 1. The Balaban J connectivity index is 0.0000212. The molecule has 0 radical (unpaired) electrons. The first kappa shape index (κ1) is 44.1. The third-order valence-corrected chi connectivity index (χ3v) is 7.79. The van der Waals surface area contributed by atoms with Crippen molar-refractivity contribution in [3.8, 4) is 0 Å². The molecule has 272 valence electrons. The standard InChI is InChI=1S/C33H60N6O7.CH4/c1-2-31(41)34-23-17-16-21-29(33(43)44)35-32(42)27-46-26-25-45-24-18-20-28(40)19-14-12-10-8-6-4-3-5-7-9-11-13-15-22-30-36-38-39-37-30;/h29H,2-27H2,1H3,(H,34,41)(H,35,42)(H,43,44)(H,36,37,38,39);1H4. The van der Waals surface area contributed by atoms with Crippen molar-refractivity contribution in [3.05, 3.63) is 5.82 Å². The number of nitrogens with one attached hydrogen (secondary N) is 3. The number of aryl methyl sites for hydroxylation is 1. The molecule has 4 N–H and O–H groups in total. The summed E-state index contributed by atoms with van der Waals surface area (Å²) in [5, 5.41) is 28.5. The van der Waals surface area contributed by atoms with Crippen LogP contribution < -0.4 is 10.6 Å². The van der Waals surface area contributed by atoms with Gasteiger partial charge in [0.15, 0.2) is 5.82 Å². The van der Waals surface area contributed by atoms with Crippen LogP contribution in [0, 0.1) is 0 Å². The van der Waals surface area contributed by atoms with Crippen LogP contribution in [-0.2, 0) is 35.1 Å². The quantitative estimate of drug-likeness (QED) is 0.0698. The van der Waals surface area contributed by atoms with Crippen molar-refractivity contribution in [2.45, 2.75) is 155 Å². The molecule has 13 heteroatoms. The molecule has 0 aromatic carbocycles. The van der Waals surface area contributed by atoms with Crippen LogP contribution in [0.5, 0.6) is 0 Å². The number of carboxylic acids is 1. The molecule has 1 unspecified atom stereocenters. The van der Waals surface area contributed by atoms with E-state index in [1.165, 1.54) is 64.2 Å². The lowest BCUT2D eigenvalue weighted by Crippen LogP contribution is -2.42. The van der Waals surface area contributed by atoms with Gasteiger partial charge in [0.25, 0.3) is 0 Å². The lowest BCUT2D eigenvalue weighted by atomic mass is 10.0. The first-order valence-corrected chi connectivity index (χ1v) is 17.6. The molecule has 47 heavy (non-hydrogen) atoms. The summed E-state index contributed by atoms with van der Waals surface area (Å²) in [5.74, 6) is -0.543. The van der Waals surface area contributed by atoms with Crippen molar-refractivity contribution < 1.29 is 33.8 Å². The zero-order valence-electron chi connectivity index (χ0n) is 28.2. The summed E-state index contributed by atoms with van der Waals surface area (Å²) < 4.78 is 10.8. The molecule has 0 bridgehead atoms. The molecule has 2 amide bonds. The van der Waals surface area contributed by atoms with Crippen molar-refractivity contribution in [3.63, 3.8) is 0 Å². The summed E-state index contributed by atoms with van der Waals surface area (Å²) in [4.78, 5) is 46.7. The molecule has 0 saturated heterocycles. The van der Waals surface area contributed by atoms with E-state index in [2.05, 4.69) is 31.3 Å². The first-order chi connectivity index (χ1) is 22.4. The Bertz CT molecular complexity index is 917. The van der Waals surface area contributed by atoms with Gasteiger partial charge in [-0.2, -0.15) is 5.21 Å². The van der Waals surface area contributed by atoms with Gasteiger partial charge in [-0.25, -0.2) is 4.79 Å². The average Bonchev–Trinajstić information content (AvgIpc) is 3.56. The van der Waals surface area contributed by atoms with Crippen LogP contribution in [0.15, 0.2) is 0 Å². The highest BCUT2D eigenvalue weighted by atomic mass is 16.5. The molecule has 0 fully saturated rings. The van der Waals surface area contributed by atoms with Crippen LogP contribution in [0.2, 0.25) is 0 Å². The molecule has 0 aliphatic rings. The Morgan fingerprint density at radius 1 is 0.745 bits per heavy atom. The molecule has 1 aromatic heterocycles. The van der Waals surface area contributed by atoms with E-state index in [9.17, 15) is 24.3 Å².